The van der Waals surface area contributed by atoms with Crippen molar-refractivity contribution in [2.24, 2.45) is 0 Å². The molecular formula is C11H19N3OS. The SMILES string of the molecule is CCCNCC(=O)NCC(C)c1nccs1. The molecule has 0 radical (unpaired) electrons. The first-order valence-corrected chi connectivity index (χ1v) is 6.48. The van der Waals surface area contributed by atoms with Crippen LogP contribution in [0.2, 0.25) is 0 Å². The fourth-order valence-electron chi connectivity index (χ4n) is 1.27. The summed E-state index contributed by atoms with van der Waals surface area (Å²) in [6.45, 7) is 6.09. The fraction of sp³-hybridized carbons (Fsp3) is 0.636. The van der Waals surface area contributed by atoms with Crippen molar-refractivity contribution in [2.75, 3.05) is 19.6 Å². The maximum atomic E-state index is 11.4. The number of amides is 1. The van der Waals surface area contributed by atoms with Gasteiger partial charge in [-0.15, -0.1) is 11.3 Å². The highest BCUT2D eigenvalue weighted by Crippen LogP contribution is 2.15. The van der Waals surface area contributed by atoms with E-state index in [1.807, 2.05) is 5.38 Å². The monoisotopic (exact) mass is 241 g/mol. The Morgan fingerprint density at radius 1 is 1.62 bits per heavy atom. The van der Waals surface area contributed by atoms with Crippen molar-refractivity contribution in [3.05, 3.63) is 16.6 Å². The van der Waals surface area contributed by atoms with E-state index in [1.165, 1.54) is 0 Å². The molecule has 1 aromatic heterocycles. The van der Waals surface area contributed by atoms with E-state index in [4.69, 9.17) is 0 Å². The molecule has 0 fully saturated rings. The smallest absolute Gasteiger partial charge is 0.233 e. The summed E-state index contributed by atoms with van der Waals surface area (Å²) in [6, 6.07) is 0. The van der Waals surface area contributed by atoms with Crippen LogP contribution in [0.3, 0.4) is 0 Å². The van der Waals surface area contributed by atoms with E-state index in [0.717, 1.165) is 18.0 Å². The Kier molecular flexibility index (Phi) is 6.03. The molecule has 0 saturated heterocycles. The molecule has 0 aromatic carbocycles. The third kappa shape index (κ3) is 4.72. The summed E-state index contributed by atoms with van der Waals surface area (Å²) in [5.41, 5.74) is 0. The molecule has 1 aromatic rings. The third-order valence-electron chi connectivity index (χ3n) is 2.19. The molecule has 16 heavy (non-hydrogen) atoms. The van der Waals surface area contributed by atoms with E-state index in [2.05, 4.69) is 29.5 Å². The van der Waals surface area contributed by atoms with Gasteiger partial charge in [0.2, 0.25) is 5.91 Å². The van der Waals surface area contributed by atoms with Crippen LogP contribution in [0.25, 0.3) is 0 Å². The largest absolute Gasteiger partial charge is 0.354 e. The van der Waals surface area contributed by atoms with Crippen molar-refractivity contribution >= 4 is 17.2 Å². The maximum absolute atomic E-state index is 11.4. The van der Waals surface area contributed by atoms with E-state index in [9.17, 15) is 4.79 Å². The zero-order valence-corrected chi connectivity index (χ0v) is 10.6. The Labute approximate surface area is 100 Å². The lowest BCUT2D eigenvalue weighted by atomic mass is 10.2. The van der Waals surface area contributed by atoms with Crippen LogP contribution in [0, 0.1) is 0 Å². The summed E-state index contributed by atoms with van der Waals surface area (Å²) < 4.78 is 0. The second-order valence-corrected chi connectivity index (χ2v) is 4.68. The summed E-state index contributed by atoms with van der Waals surface area (Å²) >= 11 is 1.63. The highest BCUT2D eigenvalue weighted by atomic mass is 32.1. The molecule has 1 amide bonds. The molecule has 0 saturated carbocycles. The van der Waals surface area contributed by atoms with Crippen LogP contribution in [0.5, 0.6) is 0 Å². The normalized spacial score (nSPS) is 12.4. The molecule has 5 heteroatoms. The maximum Gasteiger partial charge on any atom is 0.233 e. The molecule has 0 aliphatic carbocycles. The number of nitrogens with one attached hydrogen (secondary N) is 2. The fourth-order valence-corrected chi connectivity index (χ4v) is 1.97. The van der Waals surface area contributed by atoms with Crippen molar-refractivity contribution < 1.29 is 4.79 Å². The van der Waals surface area contributed by atoms with Crippen molar-refractivity contribution in [2.45, 2.75) is 26.2 Å². The van der Waals surface area contributed by atoms with Crippen molar-refractivity contribution in [3.63, 3.8) is 0 Å². The van der Waals surface area contributed by atoms with Gasteiger partial charge in [-0.05, 0) is 13.0 Å². The lowest BCUT2D eigenvalue weighted by Gasteiger charge is -2.10. The van der Waals surface area contributed by atoms with Crippen LogP contribution in [-0.2, 0) is 4.79 Å². The summed E-state index contributed by atoms with van der Waals surface area (Å²) in [7, 11) is 0. The van der Waals surface area contributed by atoms with Crippen LogP contribution in [0.15, 0.2) is 11.6 Å². The van der Waals surface area contributed by atoms with Crippen molar-refractivity contribution in [1.82, 2.24) is 15.6 Å². The third-order valence-corrected chi connectivity index (χ3v) is 3.20. The minimum absolute atomic E-state index is 0.0526. The molecule has 0 aliphatic rings. The Balaban J connectivity index is 2.16. The lowest BCUT2D eigenvalue weighted by Crippen LogP contribution is -2.36. The molecule has 1 rings (SSSR count). The molecule has 0 spiro atoms. The quantitative estimate of drug-likeness (QED) is 0.709. The van der Waals surface area contributed by atoms with Crippen LogP contribution in [0.4, 0.5) is 0 Å². The van der Waals surface area contributed by atoms with Crippen LogP contribution >= 0.6 is 11.3 Å². The summed E-state index contributed by atoms with van der Waals surface area (Å²) in [4.78, 5) is 15.6. The summed E-state index contributed by atoms with van der Waals surface area (Å²) in [5, 5.41) is 8.99. The number of hydrogen-bond acceptors (Lipinski definition) is 4. The van der Waals surface area contributed by atoms with E-state index in [0.29, 0.717) is 13.1 Å². The molecule has 1 atom stereocenters. The van der Waals surface area contributed by atoms with Gasteiger partial charge in [0.15, 0.2) is 0 Å². The van der Waals surface area contributed by atoms with Gasteiger partial charge in [0.1, 0.15) is 0 Å². The zero-order valence-electron chi connectivity index (χ0n) is 9.82. The zero-order chi connectivity index (χ0) is 11.8. The number of hydrogen-bond donors (Lipinski definition) is 2. The molecule has 0 bridgehead atoms. The molecule has 1 heterocycles. The minimum Gasteiger partial charge on any atom is -0.354 e. The van der Waals surface area contributed by atoms with Gasteiger partial charge < -0.3 is 10.6 Å². The molecule has 1 unspecified atom stereocenters. The molecule has 2 N–H and O–H groups in total. The first-order chi connectivity index (χ1) is 7.74. The molecule has 4 nitrogen and oxygen atoms in total. The van der Waals surface area contributed by atoms with Gasteiger partial charge in [-0.25, -0.2) is 4.98 Å². The average Bonchev–Trinajstić information content (AvgIpc) is 2.79. The van der Waals surface area contributed by atoms with E-state index in [-0.39, 0.29) is 11.8 Å². The summed E-state index contributed by atoms with van der Waals surface area (Å²) in [5.74, 6) is 0.340. The number of aromatic nitrogens is 1. The summed E-state index contributed by atoms with van der Waals surface area (Å²) in [6.07, 6.45) is 2.84. The van der Waals surface area contributed by atoms with Gasteiger partial charge in [0, 0.05) is 24.0 Å². The average molecular weight is 241 g/mol. The Morgan fingerprint density at radius 2 is 2.44 bits per heavy atom. The molecule has 0 aliphatic heterocycles. The topological polar surface area (TPSA) is 54.0 Å². The van der Waals surface area contributed by atoms with Crippen LogP contribution in [-0.4, -0.2) is 30.5 Å². The van der Waals surface area contributed by atoms with Gasteiger partial charge in [-0.1, -0.05) is 13.8 Å². The number of carbonyl (C=O) groups excluding carboxylic acids is 1. The van der Waals surface area contributed by atoms with Crippen LogP contribution < -0.4 is 10.6 Å². The molecule has 90 valence electrons. The second-order valence-electron chi connectivity index (χ2n) is 3.75. The van der Waals surface area contributed by atoms with Gasteiger partial charge in [-0.3, -0.25) is 4.79 Å². The number of carbonyl (C=O) groups is 1. The standard InChI is InChI=1S/C11H19N3OS/c1-3-4-12-8-10(15)14-7-9(2)11-13-5-6-16-11/h5-6,9,12H,3-4,7-8H2,1-2H3,(H,14,15). The van der Waals surface area contributed by atoms with E-state index >= 15 is 0 Å². The predicted molar refractivity (Wildman–Crippen MR) is 66.7 cm³/mol. The number of nitrogens with zero attached hydrogens (tertiary/aromatic N) is 1. The van der Waals surface area contributed by atoms with Crippen molar-refractivity contribution in [3.8, 4) is 0 Å². The van der Waals surface area contributed by atoms with Gasteiger partial charge in [-0.2, -0.15) is 0 Å². The number of thiazole rings is 1. The van der Waals surface area contributed by atoms with Gasteiger partial charge in [0.05, 0.1) is 11.6 Å². The first-order valence-electron chi connectivity index (χ1n) is 5.60. The van der Waals surface area contributed by atoms with Crippen LogP contribution in [0.1, 0.15) is 31.2 Å². The second kappa shape index (κ2) is 7.35. The predicted octanol–water partition coefficient (Wildman–Crippen LogP) is 1.36. The van der Waals surface area contributed by atoms with Gasteiger partial charge in [0.25, 0.3) is 0 Å². The lowest BCUT2D eigenvalue weighted by molar-refractivity contribution is -0.120. The van der Waals surface area contributed by atoms with Gasteiger partial charge >= 0.3 is 0 Å². The Hall–Kier alpha value is -0.940. The Bertz CT molecular complexity index is 300. The number of rotatable bonds is 7. The van der Waals surface area contributed by atoms with Crippen molar-refractivity contribution in [1.29, 1.82) is 0 Å². The highest BCUT2D eigenvalue weighted by Gasteiger charge is 2.09. The molecular weight excluding hydrogens is 222 g/mol. The van der Waals surface area contributed by atoms with E-state index < -0.39 is 0 Å². The Morgan fingerprint density at radius 3 is 3.06 bits per heavy atom. The van der Waals surface area contributed by atoms with E-state index in [1.54, 1.807) is 17.5 Å². The highest BCUT2D eigenvalue weighted by molar-refractivity contribution is 7.09. The minimum atomic E-state index is 0.0526. The first kappa shape index (κ1) is 13.1.